The SMILES string of the molecule is CNC1(C)CCN(CCCOc2ccc(C)c(C)c2)CC1. The van der Waals surface area contributed by atoms with E-state index in [4.69, 9.17) is 4.74 Å². The minimum Gasteiger partial charge on any atom is -0.494 e. The Labute approximate surface area is 129 Å². The molecule has 1 aliphatic heterocycles. The quantitative estimate of drug-likeness (QED) is 0.815. The number of nitrogens with one attached hydrogen (secondary N) is 1. The van der Waals surface area contributed by atoms with Crippen LogP contribution in [-0.4, -0.2) is 43.7 Å². The average Bonchev–Trinajstić information content (AvgIpc) is 2.49. The first-order valence-corrected chi connectivity index (χ1v) is 8.14. The summed E-state index contributed by atoms with van der Waals surface area (Å²) in [4.78, 5) is 2.56. The van der Waals surface area contributed by atoms with E-state index in [0.29, 0.717) is 5.54 Å². The highest BCUT2D eigenvalue weighted by molar-refractivity contribution is 5.33. The predicted molar refractivity (Wildman–Crippen MR) is 89.2 cm³/mol. The summed E-state index contributed by atoms with van der Waals surface area (Å²) < 4.78 is 5.86. The molecule has 1 aromatic carbocycles. The fourth-order valence-corrected chi connectivity index (χ4v) is 2.80. The lowest BCUT2D eigenvalue weighted by molar-refractivity contribution is 0.144. The fraction of sp³-hybridized carbons (Fsp3) is 0.667. The number of benzene rings is 1. The number of ether oxygens (including phenoxy) is 1. The van der Waals surface area contributed by atoms with Gasteiger partial charge >= 0.3 is 0 Å². The van der Waals surface area contributed by atoms with Crippen molar-refractivity contribution in [2.24, 2.45) is 0 Å². The number of hydrogen-bond donors (Lipinski definition) is 1. The van der Waals surface area contributed by atoms with E-state index in [-0.39, 0.29) is 0 Å². The molecule has 0 amide bonds. The maximum absolute atomic E-state index is 5.86. The molecule has 1 aromatic rings. The Morgan fingerprint density at radius 3 is 2.52 bits per heavy atom. The Hall–Kier alpha value is -1.06. The molecule has 0 spiro atoms. The van der Waals surface area contributed by atoms with E-state index in [2.05, 4.69) is 56.2 Å². The van der Waals surface area contributed by atoms with E-state index in [9.17, 15) is 0 Å². The molecule has 21 heavy (non-hydrogen) atoms. The van der Waals surface area contributed by atoms with Crippen LogP contribution in [0.5, 0.6) is 5.75 Å². The minimum atomic E-state index is 0.340. The molecule has 1 saturated heterocycles. The molecule has 0 saturated carbocycles. The van der Waals surface area contributed by atoms with Crippen LogP contribution in [0.1, 0.15) is 37.3 Å². The van der Waals surface area contributed by atoms with Gasteiger partial charge in [-0.2, -0.15) is 0 Å². The van der Waals surface area contributed by atoms with Crippen molar-refractivity contribution in [2.45, 2.75) is 45.6 Å². The first-order chi connectivity index (χ1) is 10.0. The highest BCUT2D eigenvalue weighted by atomic mass is 16.5. The predicted octanol–water partition coefficient (Wildman–Crippen LogP) is 3.15. The van der Waals surface area contributed by atoms with Crippen molar-refractivity contribution in [3.8, 4) is 5.75 Å². The first kappa shape index (κ1) is 16.3. The van der Waals surface area contributed by atoms with E-state index in [1.54, 1.807) is 0 Å². The fourth-order valence-electron chi connectivity index (χ4n) is 2.80. The summed E-state index contributed by atoms with van der Waals surface area (Å²) in [5.74, 6) is 1.000. The normalized spacial score (nSPS) is 18.7. The number of aryl methyl sites for hydroxylation is 2. The lowest BCUT2D eigenvalue weighted by atomic mass is 9.90. The van der Waals surface area contributed by atoms with Crippen molar-refractivity contribution in [3.05, 3.63) is 29.3 Å². The van der Waals surface area contributed by atoms with Gasteiger partial charge in [0.05, 0.1) is 6.61 Å². The zero-order valence-electron chi connectivity index (χ0n) is 14.0. The van der Waals surface area contributed by atoms with Crippen LogP contribution in [0.25, 0.3) is 0 Å². The van der Waals surface area contributed by atoms with Gasteiger partial charge in [-0.3, -0.25) is 0 Å². The van der Waals surface area contributed by atoms with Crippen LogP contribution in [0, 0.1) is 13.8 Å². The van der Waals surface area contributed by atoms with E-state index in [1.165, 1.54) is 37.1 Å². The van der Waals surface area contributed by atoms with E-state index >= 15 is 0 Å². The Morgan fingerprint density at radius 1 is 1.19 bits per heavy atom. The summed E-state index contributed by atoms with van der Waals surface area (Å²) in [6.45, 7) is 10.9. The van der Waals surface area contributed by atoms with Gasteiger partial charge in [0, 0.05) is 12.1 Å². The van der Waals surface area contributed by atoms with Crippen LogP contribution in [0.15, 0.2) is 18.2 Å². The zero-order chi connectivity index (χ0) is 15.3. The summed E-state index contributed by atoms with van der Waals surface area (Å²) >= 11 is 0. The van der Waals surface area contributed by atoms with E-state index in [1.807, 2.05) is 0 Å². The minimum absolute atomic E-state index is 0.340. The second kappa shape index (κ2) is 7.28. The number of rotatable bonds is 6. The topological polar surface area (TPSA) is 24.5 Å². The lowest BCUT2D eigenvalue weighted by Crippen LogP contribution is -2.50. The Bertz CT molecular complexity index is 451. The molecular formula is C18H30N2O. The van der Waals surface area contributed by atoms with Gasteiger partial charge in [-0.1, -0.05) is 6.07 Å². The Morgan fingerprint density at radius 2 is 1.90 bits per heavy atom. The van der Waals surface area contributed by atoms with Crippen LogP contribution in [0.4, 0.5) is 0 Å². The molecule has 3 nitrogen and oxygen atoms in total. The molecule has 0 unspecified atom stereocenters. The number of likely N-dealkylation sites (tertiary alicyclic amines) is 1. The first-order valence-electron chi connectivity index (χ1n) is 8.14. The highest BCUT2D eigenvalue weighted by Crippen LogP contribution is 2.21. The van der Waals surface area contributed by atoms with Crippen molar-refractivity contribution in [2.75, 3.05) is 33.3 Å². The van der Waals surface area contributed by atoms with Crippen molar-refractivity contribution < 1.29 is 4.74 Å². The third-order valence-electron chi connectivity index (χ3n) is 4.93. The summed E-state index contributed by atoms with van der Waals surface area (Å²) in [5, 5.41) is 3.45. The van der Waals surface area contributed by atoms with E-state index < -0.39 is 0 Å². The van der Waals surface area contributed by atoms with Gasteiger partial charge in [-0.15, -0.1) is 0 Å². The molecule has 0 aromatic heterocycles. The largest absolute Gasteiger partial charge is 0.494 e. The summed E-state index contributed by atoms with van der Waals surface area (Å²) in [7, 11) is 2.08. The van der Waals surface area contributed by atoms with Gasteiger partial charge < -0.3 is 15.0 Å². The monoisotopic (exact) mass is 290 g/mol. The molecule has 1 N–H and O–H groups in total. The van der Waals surface area contributed by atoms with Gasteiger partial charge in [0.25, 0.3) is 0 Å². The van der Waals surface area contributed by atoms with Gasteiger partial charge in [0.2, 0.25) is 0 Å². The third kappa shape index (κ3) is 4.72. The lowest BCUT2D eigenvalue weighted by Gasteiger charge is -2.39. The number of hydrogen-bond acceptors (Lipinski definition) is 3. The van der Waals surface area contributed by atoms with Crippen molar-refractivity contribution >= 4 is 0 Å². The standard InChI is InChI=1S/C18H30N2O/c1-15-6-7-17(14-16(15)2)21-13-5-10-20-11-8-18(3,19-4)9-12-20/h6-7,14,19H,5,8-13H2,1-4H3. The second-order valence-electron chi connectivity index (χ2n) is 6.60. The average molecular weight is 290 g/mol. The van der Waals surface area contributed by atoms with Crippen molar-refractivity contribution in [1.29, 1.82) is 0 Å². The summed E-state index contributed by atoms with van der Waals surface area (Å²) in [5.41, 5.74) is 2.96. The molecule has 2 rings (SSSR count). The third-order valence-corrected chi connectivity index (χ3v) is 4.93. The molecule has 3 heteroatoms. The molecule has 118 valence electrons. The summed E-state index contributed by atoms with van der Waals surface area (Å²) in [6, 6.07) is 6.34. The van der Waals surface area contributed by atoms with Crippen LogP contribution >= 0.6 is 0 Å². The molecule has 0 aliphatic carbocycles. The molecule has 0 atom stereocenters. The van der Waals surface area contributed by atoms with Crippen LogP contribution in [-0.2, 0) is 0 Å². The van der Waals surface area contributed by atoms with E-state index in [0.717, 1.165) is 25.3 Å². The molecule has 1 aliphatic rings. The summed E-state index contributed by atoms with van der Waals surface area (Å²) in [6.07, 6.45) is 3.58. The van der Waals surface area contributed by atoms with Crippen molar-refractivity contribution in [1.82, 2.24) is 10.2 Å². The van der Waals surface area contributed by atoms with Gasteiger partial charge in [-0.25, -0.2) is 0 Å². The van der Waals surface area contributed by atoms with Crippen LogP contribution < -0.4 is 10.1 Å². The highest BCUT2D eigenvalue weighted by Gasteiger charge is 2.27. The Balaban J connectivity index is 1.65. The molecule has 0 bridgehead atoms. The molecule has 1 fully saturated rings. The zero-order valence-corrected chi connectivity index (χ0v) is 14.0. The van der Waals surface area contributed by atoms with Crippen LogP contribution in [0.2, 0.25) is 0 Å². The molecule has 1 heterocycles. The van der Waals surface area contributed by atoms with Gasteiger partial charge in [-0.05, 0) is 83.4 Å². The van der Waals surface area contributed by atoms with Gasteiger partial charge in [0.15, 0.2) is 0 Å². The number of nitrogens with zero attached hydrogens (tertiary/aromatic N) is 1. The second-order valence-corrected chi connectivity index (χ2v) is 6.60. The Kier molecular flexibility index (Phi) is 5.65. The maximum Gasteiger partial charge on any atom is 0.119 e. The number of piperidine rings is 1. The van der Waals surface area contributed by atoms with Crippen LogP contribution in [0.3, 0.4) is 0 Å². The maximum atomic E-state index is 5.86. The molecular weight excluding hydrogens is 260 g/mol. The van der Waals surface area contributed by atoms with Crippen molar-refractivity contribution in [3.63, 3.8) is 0 Å². The smallest absolute Gasteiger partial charge is 0.119 e. The van der Waals surface area contributed by atoms with Gasteiger partial charge in [0.1, 0.15) is 5.75 Å². The molecule has 0 radical (unpaired) electrons.